The van der Waals surface area contributed by atoms with E-state index in [1.165, 1.54) is 11.3 Å². The van der Waals surface area contributed by atoms with Crippen molar-refractivity contribution in [2.45, 2.75) is 13.0 Å². The minimum absolute atomic E-state index is 0.134. The lowest BCUT2D eigenvalue weighted by atomic mass is 10.3. The number of rotatable bonds is 3. The first kappa shape index (κ1) is 9.78. The van der Waals surface area contributed by atoms with Crippen LogP contribution in [-0.4, -0.2) is 25.7 Å². The van der Waals surface area contributed by atoms with Gasteiger partial charge in [0, 0.05) is 12.4 Å². The first-order chi connectivity index (χ1) is 7.27. The molecule has 0 aliphatic heterocycles. The van der Waals surface area contributed by atoms with Crippen molar-refractivity contribution < 1.29 is 4.79 Å². The summed E-state index contributed by atoms with van der Waals surface area (Å²) >= 11 is 1.29. The van der Waals surface area contributed by atoms with Crippen molar-refractivity contribution in [3.63, 3.8) is 0 Å². The van der Waals surface area contributed by atoms with Crippen molar-refractivity contribution in [1.82, 2.24) is 19.7 Å². The van der Waals surface area contributed by atoms with E-state index in [9.17, 15) is 4.79 Å². The standard InChI is InChI=1S/C8H9N5OS/c1-6(13-3-2-9-4-13)7(14)11-8-12-10-5-15-8/h2-6H,1H3,(H,11,12,14). The Morgan fingerprint density at radius 1 is 1.67 bits per heavy atom. The van der Waals surface area contributed by atoms with E-state index < -0.39 is 0 Å². The highest BCUT2D eigenvalue weighted by Gasteiger charge is 2.15. The highest BCUT2D eigenvalue weighted by atomic mass is 32.1. The van der Waals surface area contributed by atoms with Crippen molar-refractivity contribution in [1.29, 1.82) is 0 Å². The molecule has 0 spiro atoms. The van der Waals surface area contributed by atoms with E-state index in [0.717, 1.165) is 0 Å². The summed E-state index contributed by atoms with van der Waals surface area (Å²) in [6.07, 6.45) is 4.98. The summed E-state index contributed by atoms with van der Waals surface area (Å²) in [6, 6.07) is -0.309. The Kier molecular flexibility index (Phi) is 2.72. The van der Waals surface area contributed by atoms with E-state index in [1.807, 2.05) is 0 Å². The summed E-state index contributed by atoms with van der Waals surface area (Å²) in [5.74, 6) is -0.134. The number of aromatic nitrogens is 4. The van der Waals surface area contributed by atoms with Gasteiger partial charge >= 0.3 is 0 Å². The highest BCUT2D eigenvalue weighted by molar-refractivity contribution is 7.13. The number of hydrogen-bond donors (Lipinski definition) is 1. The third-order valence-electron chi connectivity index (χ3n) is 1.94. The van der Waals surface area contributed by atoms with Crippen LogP contribution in [0, 0.1) is 0 Å². The van der Waals surface area contributed by atoms with Crippen LogP contribution in [0.1, 0.15) is 13.0 Å². The quantitative estimate of drug-likeness (QED) is 0.840. The lowest BCUT2D eigenvalue weighted by molar-refractivity contribution is -0.118. The lowest BCUT2D eigenvalue weighted by Gasteiger charge is -2.10. The summed E-state index contributed by atoms with van der Waals surface area (Å²) in [5, 5.41) is 10.5. The first-order valence-electron chi connectivity index (χ1n) is 4.32. The van der Waals surface area contributed by atoms with Gasteiger partial charge in [-0.2, -0.15) is 0 Å². The van der Waals surface area contributed by atoms with Crippen LogP contribution in [0.3, 0.4) is 0 Å². The molecule has 1 unspecified atom stereocenters. The molecule has 2 aromatic heterocycles. The normalized spacial score (nSPS) is 12.3. The number of amides is 1. The van der Waals surface area contributed by atoms with E-state index in [2.05, 4.69) is 20.5 Å². The maximum absolute atomic E-state index is 11.7. The molecule has 2 heterocycles. The molecule has 2 aromatic rings. The van der Waals surface area contributed by atoms with E-state index in [4.69, 9.17) is 0 Å². The number of hydrogen-bond acceptors (Lipinski definition) is 5. The molecular weight excluding hydrogens is 214 g/mol. The van der Waals surface area contributed by atoms with Crippen LogP contribution in [-0.2, 0) is 4.79 Å². The van der Waals surface area contributed by atoms with E-state index >= 15 is 0 Å². The molecule has 1 amide bonds. The van der Waals surface area contributed by atoms with Gasteiger partial charge in [-0.1, -0.05) is 11.3 Å². The molecular formula is C8H9N5OS. The van der Waals surface area contributed by atoms with Gasteiger partial charge in [0.2, 0.25) is 11.0 Å². The Morgan fingerprint density at radius 3 is 3.13 bits per heavy atom. The fraction of sp³-hybridized carbons (Fsp3) is 0.250. The zero-order chi connectivity index (χ0) is 10.7. The molecule has 0 saturated heterocycles. The predicted molar refractivity (Wildman–Crippen MR) is 55.5 cm³/mol. The van der Waals surface area contributed by atoms with Crippen LogP contribution in [0.2, 0.25) is 0 Å². The molecule has 0 radical (unpaired) electrons. The zero-order valence-corrected chi connectivity index (χ0v) is 8.81. The molecule has 0 saturated carbocycles. The van der Waals surface area contributed by atoms with Crippen LogP contribution in [0.4, 0.5) is 5.13 Å². The average Bonchev–Trinajstić information content (AvgIpc) is 2.88. The number of anilines is 1. The number of carbonyl (C=O) groups is 1. The van der Waals surface area contributed by atoms with E-state index in [-0.39, 0.29) is 11.9 Å². The van der Waals surface area contributed by atoms with E-state index in [0.29, 0.717) is 5.13 Å². The Hall–Kier alpha value is -1.76. The lowest BCUT2D eigenvalue weighted by Crippen LogP contribution is -2.22. The molecule has 1 N–H and O–H groups in total. The molecule has 6 nitrogen and oxygen atoms in total. The SMILES string of the molecule is CC(C(=O)Nc1nncs1)n1ccnc1. The second kappa shape index (κ2) is 4.18. The van der Waals surface area contributed by atoms with Crippen molar-refractivity contribution in [3.05, 3.63) is 24.2 Å². The molecule has 2 rings (SSSR count). The summed E-state index contributed by atoms with van der Waals surface area (Å²) in [6.45, 7) is 1.79. The second-order valence-electron chi connectivity index (χ2n) is 2.92. The van der Waals surface area contributed by atoms with Gasteiger partial charge in [0.25, 0.3) is 0 Å². The van der Waals surface area contributed by atoms with Gasteiger partial charge in [0.15, 0.2) is 0 Å². The molecule has 0 aromatic carbocycles. The van der Waals surface area contributed by atoms with E-state index in [1.54, 1.807) is 35.7 Å². The van der Waals surface area contributed by atoms with Crippen LogP contribution < -0.4 is 5.32 Å². The van der Waals surface area contributed by atoms with Gasteiger partial charge < -0.3 is 4.57 Å². The van der Waals surface area contributed by atoms with Crippen molar-refractivity contribution in [3.8, 4) is 0 Å². The van der Waals surface area contributed by atoms with Gasteiger partial charge in [-0.05, 0) is 6.92 Å². The second-order valence-corrected chi connectivity index (χ2v) is 3.75. The third kappa shape index (κ3) is 2.18. The number of imidazole rings is 1. The largest absolute Gasteiger partial charge is 0.325 e. The van der Waals surface area contributed by atoms with Gasteiger partial charge in [-0.15, -0.1) is 10.2 Å². The van der Waals surface area contributed by atoms with Gasteiger partial charge in [0.1, 0.15) is 11.6 Å². The fourth-order valence-corrected chi connectivity index (χ4v) is 1.52. The molecule has 15 heavy (non-hydrogen) atoms. The van der Waals surface area contributed by atoms with Crippen LogP contribution in [0.5, 0.6) is 0 Å². The summed E-state index contributed by atoms with van der Waals surface area (Å²) in [7, 11) is 0. The fourth-order valence-electron chi connectivity index (χ4n) is 1.07. The van der Waals surface area contributed by atoms with Gasteiger partial charge in [-0.25, -0.2) is 4.98 Å². The third-order valence-corrected chi connectivity index (χ3v) is 2.55. The van der Waals surface area contributed by atoms with Crippen molar-refractivity contribution >= 4 is 22.4 Å². The summed E-state index contributed by atoms with van der Waals surface area (Å²) < 4.78 is 1.72. The number of carbonyl (C=O) groups excluding carboxylic acids is 1. The Balaban J connectivity index is 2.03. The minimum Gasteiger partial charge on any atom is -0.325 e. The Labute approximate surface area is 90.0 Å². The van der Waals surface area contributed by atoms with Crippen LogP contribution >= 0.6 is 11.3 Å². The topological polar surface area (TPSA) is 72.7 Å². The maximum atomic E-state index is 11.7. The molecule has 0 aliphatic rings. The summed E-state index contributed by atoms with van der Waals surface area (Å²) in [5.41, 5.74) is 1.57. The highest BCUT2D eigenvalue weighted by Crippen LogP contribution is 2.12. The van der Waals surface area contributed by atoms with Gasteiger partial charge in [-0.3, -0.25) is 10.1 Å². The smallest absolute Gasteiger partial charge is 0.249 e. The van der Waals surface area contributed by atoms with Crippen molar-refractivity contribution in [2.75, 3.05) is 5.32 Å². The van der Waals surface area contributed by atoms with Crippen LogP contribution in [0.15, 0.2) is 24.2 Å². The molecule has 0 aliphatic carbocycles. The first-order valence-corrected chi connectivity index (χ1v) is 5.20. The summed E-state index contributed by atoms with van der Waals surface area (Å²) in [4.78, 5) is 15.6. The average molecular weight is 223 g/mol. The molecule has 0 fully saturated rings. The molecule has 0 bridgehead atoms. The van der Waals surface area contributed by atoms with Crippen molar-refractivity contribution in [2.24, 2.45) is 0 Å². The monoisotopic (exact) mass is 223 g/mol. The van der Waals surface area contributed by atoms with Crippen LogP contribution in [0.25, 0.3) is 0 Å². The number of nitrogens with one attached hydrogen (secondary N) is 1. The Morgan fingerprint density at radius 2 is 2.53 bits per heavy atom. The Bertz CT molecular complexity index is 424. The number of nitrogens with zero attached hydrogens (tertiary/aromatic N) is 4. The zero-order valence-electron chi connectivity index (χ0n) is 7.99. The maximum Gasteiger partial charge on any atom is 0.249 e. The predicted octanol–water partition coefficient (Wildman–Crippen LogP) is 0.934. The minimum atomic E-state index is -0.309. The molecule has 7 heteroatoms. The molecule has 78 valence electrons. The van der Waals surface area contributed by atoms with Gasteiger partial charge in [0.05, 0.1) is 6.33 Å². The molecule has 1 atom stereocenters.